The van der Waals surface area contributed by atoms with Crippen molar-refractivity contribution in [2.45, 2.75) is 44.6 Å². The summed E-state index contributed by atoms with van der Waals surface area (Å²) in [6, 6.07) is 7.96. The summed E-state index contributed by atoms with van der Waals surface area (Å²) in [7, 11) is -7.68. The summed E-state index contributed by atoms with van der Waals surface area (Å²) in [5, 5.41) is 0.350. The quantitative estimate of drug-likeness (QED) is 0.414. The summed E-state index contributed by atoms with van der Waals surface area (Å²) in [6.45, 7) is 0. The Kier molecular flexibility index (Phi) is 6.17. The highest BCUT2D eigenvalue weighted by molar-refractivity contribution is 14.1. The molecule has 1 aliphatic carbocycles. The minimum Gasteiger partial charge on any atom is -0.223 e. The number of halogens is 4. The smallest absolute Gasteiger partial charge is 0.223 e. The number of sulfonamides is 1. The van der Waals surface area contributed by atoms with Gasteiger partial charge in [0.15, 0.2) is 9.84 Å². The van der Waals surface area contributed by atoms with Gasteiger partial charge in [-0.15, -0.1) is 0 Å². The molecule has 2 fully saturated rings. The lowest BCUT2D eigenvalue weighted by molar-refractivity contribution is 0.217. The maximum absolute atomic E-state index is 15.0. The van der Waals surface area contributed by atoms with E-state index in [9.17, 15) is 25.6 Å². The van der Waals surface area contributed by atoms with E-state index in [4.69, 9.17) is 11.6 Å². The SMILES string of the molecule is O=S1(=O)N[C@H]2CC[C@@](c3cc(F)ccc3F)(S(=O)(=O)c3ccc(Cl)cc3)C[C@H]2C[C@@H]1I. The number of rotatable bonds is 3. The Hall–Kier alpha value is -0.820. The van der Waals surface area contributed by atoms with Crippen molar-refractivity contribution in [1.82, 2.24) is 4.72 Å². The molecule has 0 aromatic heterocycles. The van der Waals surface area contributed by atoms with Crippen LogP contribution in [0.25, 0.3) is 0 Å². The number of alkyl halides is 1. The third kappa shape index (κ3) is 4.03. The molecule has 0 spiro atoms. The van der Waals surface area contributed by atoms with Crippen molar-refractivity contribution in [2.75, 3.05) is 0 Å². The van der Waals surface area contributed by atoms with Gasteiger partial charge in [-0.25, -0.2) is 30.3 Å². The average Bonchev–Trinajstić information content (AvgIpc) is 2.70. The summed E-state index contributed by atoms with van der Waals surface area (Å²) in [5.74, 6) is -1.89. The van der Waals surface area contributed by atoms with Crippen LogP contribution < -0.4 is 4.72 Å². The molecule has 1 heterocycles. The van der Waals surface area contributed by atoms with Gasteiger partial charge in [-0.1, -0.05) is 34.2 Å². The molecule has 1 saturated heterocycles. The predicted octanol–water partition coefficient (Wildman–Crippen LogP) is 4.54. The van der Waals surface area contributed by atoms with E-state index in [0.717, 1.165) is 18.2 Å². The maximum atomic E-state index is 15.0. The molecule has 0 amide bonds. The van der Waals surface area contributed by atoms with Gasteiger partial charge in [0, 0.05) is 16.6 Å². The Morgan fingerprint density at radius 1 is 1.13 bits per heavy atom. The highest BCUT2D eigenvalue weighted by atomic mass is 127. The molecule has 1 saturated carbocycles. The normalized spacial score (nSPS) is 30.5. The first-order valence-corrected chi connectivity index (χ1v) is 14.2. The van der Waals surface area contributed by atoms with Gasteiger partial charge in [-0.2, -0.15) is 0 Å². The second-order valence-corrected chi connectivity index (χ2v) is 14.9. The Labute approximate surface area is 198 Å². The predicted molar refractivity (Wildman–Crippen MR) is 122 cm³/mol. The van der Waals surface area contributed by atoms with Gasteiger partial charge in [-0.3, -0.25) is 0 Å². The van der Waals surface area contributed by atoms with E-state index in [-0.39, 0.29) is 42.1 Å². The van der Waals surface area contributed by atoms with Crippen LogP contribution in [0.4, 0.5) is 8.78 Å². The third-order valence-electron chi connectivity index (χ3n) is 6.22. The van der Waals surface area contributed by atoms with Crippen molar-refractivity contribution in [2.24, 2.45) is 5.92 Å². The lowest BCUT2D eigenvalue weighted by Crippen LogP contribution is -2.56. The zero-order valence-electron chi connectivity index (χ0n) is 16.1. The van der Waals surface area contributed by atoms with Crippen LogP contribution in [0.3, 0.4) is 0 Å². The fraction of sp³-hybridized carbons (Fsp3) is 0.400. The van der Waals surface area contributed by atoms with Crippen molar-refractivity contribution in [1.29, 1.82) is 0 Å². The first-order valence-electron chi connectivity index (χ1n) is 9.57. The van der Waals surface area contributed by atoms with Crippen molar-refractivity contribution < 1.29 is 25.6 Å². The number of hydrogen-bond acceptors (Lipinski definition) is 4. The fourth-order valence-corrected chi connectivity index (χ4v) is 9.48. The Morgan fingerprint density at radius 3 is 2.48 bits per heavy atom. The number of hydrogen-bond donors (Lipinski definition) is 1. The molecule has 4 atom stereocenters. The first kappa shape index (κ1) is 23.3. The maximum Gasteiger partial charge on any atom is 0.224 e. The van der Waals surface area contributed by atoms with Crippen molar-refractivity contribution >= 4 is 54.1 Å². The number of fused-ring (bicyclic) bond motifs is 1. The summed E-state index contributed by atoms with van der Waals surface area (Å²) in [5.41, 5.74) is -0.223. The van der Waals surface area contributed by atoms with Gasteiger partial charge in [0.1, 0.15) is 19.6 Å². The zero-order valence-corrected chi connectivity index (χ0v) is 20.6. The molecule has 168 valence electrons. The molecule has 5 nitrogen and oxygen atoms in total. The lowest BCUT2D eigenvalue weighted by Gasteiger charge is -2.47. The van der Waals surface area contributed by atoms with Crippen LogP contribution in [0.15, 0.2) is 47.4 Å². The van der Waals surface area contributed by atoms with E-state index in [0.29, 0.717) is 5.02 Å². The molecular weight excluding hydrogens is 583 g/mol. The van der Waals surface area contributed by atoms with Crippen molar-refractivity contribution in [3.05, 3.63) is 64.7 Å². The minimum atomic E-state index is -4.17. The third-order valence-corrected chi connectivity index (χ3v) is 13.0. The summed E-state index contributed by atoms with van der Waals surface area (Å²) in [6.07, 6.45) is 0.352. The van der Waals surface area contributed by atoms with E-state index in [2.05, 4.69) is 4.72 Å². The highest BCUT2D eigenvalue weighted by Gasteiger charge is 2.55. The largest absolute Gasteiger partial charge is 0.224 e. The molecule has 0 bridgehead atoms. The molecule has 2 aromatic rings. The molecule has 2 aliphatic rings. The fourth-order valence-electron chi connectivity index (χ4n) is 4.66. The van der Waals surface area contributed by atoms with E-state index in [1.807, 2.05) is 22.6 Å². The Bertz CT molecular complexity index is 1220. The monoisotopic (exact) mass is 601 g/mol. The van der Waals surface area contributed by atoms with Gasteiger partial charge < -0.3 is 0 Å². The first-order chi connectivity index (χ1) is 14.5. The van der Waals surface area contributed by atoms with Gasteiger partial charge in [-0.05, 0) is 74.1 Å². The molecule has 1 N–H and O–H groups in total. The number of sulfone groups is 1. The van der Waals surface area contributed by atoms with E-state index < -0.39 is 45.5 Å². The topological polar surface area (TPSA) is 80.3 Å². The van der Waals surface area contributed by atoms with E-state index >= 15 is 0 Å². The van der Waals surface area contributed by atoms with Crippen LogP contribution in [0.1, 0.15) is 31.2 Å². The standard InChI is InChI=1S/C20H19ClF2INO4S2/c21-13-1-4-15(5-2-13)30(26,27)20(16-10-14(22)3-6-17(16)23)8-7-18-12(11-20)9-19(24)31(28,29)25-18/h1-6,10,12,18-19,25H,7-9,11H2/t12-,18+,19-,20-/m1/s1. The van der Waals surface area contributed by atoms with Gasteiger partial charge in [0.25, 0.3) is 0 Å². The molecule has 0 unspecified atom stereocenters. The second kappa shape index (κ2) is 8.19. The van der Waals surface area contributed by atoms with Crippen LogP contribution in [-0.4, -0.2) is 26.1 Å². The van der Waals surface area contributed by atoms with Crippen LogP contribution in [0, 0.1) is 17.6 Å². The number of nitrogens with one attached hydrogen (secondary N) is 1. The zero-order chi connectivity index (χ0) is 22.6. The van der Waals surface area contributed by atoms with Crippen molar-refractivity contribution in [3.63, 3.8) is 0 Å². The molecular formula is C20H19ClF2INO4S2. The van der Waals surface area contributed by atoms with Crippen LogP contribution in [0.2, 0.25) is 5.02 Å². The van der Waals surface area contributed by atoms with Crippen LogP contribution in [0.5, 0.6) is 0 Å². The average molecular weight is 602 g/mol. The summed E-state index contributed by atoms with van der Waals surface area (Å²) < 4.78 is 81.6. The van der Waals surface area contributed by atoms with Crippen LogP contribution in [-0.2, 0) is 24.6 Å². The number of benzene rings is 2. The van der Waals surface area contributed by atoms with E-state index in [1.54, 1.807) is 0 Å². The molecule has 1 aliphatic heterocycles. The molecule has 2 aromatic carbocycles. The Balaban J connectivity index is 1.88. The van der Waals surface area contributed by atoms with Gasteiger partial charge in [0.05, 0.1) is 4.90 Å². The second-order valence-electron chi connectivity index (χ2n) is 7.99. The van der Waals surface area contributed by atoms with Crippen molar-refractivity contribution in [3.8, 4) is 0 Å². The molecule has 4 rings (SSSR count). The Morgan fingerprint density at radius 2 is 1.81 bits per heavy atom. The summed E-state index contributed by atoms with van der Waals surface area (Å²) in [4.78, 5) is -0.0403. The lowest BCUT2D eigenvalue weighted by atomic mass is 9.73. The highest BCUT2D eigenvalue weighted by Crippen LogP contribution is 2.52. The van der Waals surface area contributed by atoms with Gasteiger partial charge >= 0.3 is 0 Å². The molecule has 11 heteroatoms. The summed E-state index contributed by atoms with van der Waals surface area (Å²) >= 11 is 7.72. The van der Waals surface area contributed by atoms with Gasteiger partial charge in [0.2, 0.25) is 10.0 Å². The van der Waals surface area contributed by atoms with E-state index in [1.165, 1.54) is 24.3 Å². The molecule has 31 heavy (non-hydrogen) atoms. The molecule has 0 radical (unpaired) electrons. The minimum absolute atomic E-state index is 0.0228. The van der Waals surface area contributed by atoms with Crippen LogP contribution >= 0.6 is 34.2 Å².